The lowest BCUT2D eigenvalue weighted by atomic mass is 10.0. The fraction of sp³-hybridized carbons (Fsp3) is 0.375. The highest BCUT2D eigenvalue weighted by Gasteiger charge is 2.27. The van der Waals surface area contributed by atoms with E-state index in [0.29, 0.717) is 17.0 Å². The van der Waals surface area contributed by atoms with Crippen LogP contribution in [0.5, 0.6) is 0 Å². The van der Waals surface area contributed by atoms with E-state index in [-0.39, 0.29) is 22.9 Å². The zero-order valence-electron chi connectivity index (χ0n) is 14.0. The van der Waals surface area contributed by atoms with Crippen molar-refractivity contribution >= 4 is 16.0 Å². The fourth-order valence-corrected chi connectivity index (χ4v) is 3.86. The van der Waals surface area contributed by atoms with Crippen LogP contribution in [0.15, 0.2) is 33.7 Å². The molecular formula is C16H20N2O5S. The van der Waals surface area contributed by atoms with Gasteiger partial charge in [-0.25, -0.2) is 13.2 Å². The van der Waals surface area contributed by atoms with Gasteiger partial charge < -0.3 is 9.63 Å². The summed E-state index contributed by atoms with van der Waals surface area (Å²) in [4.78, 5) is 11.2. The number of hydrogen-bond donors (Lipinski definition) is 1. The Morgan fingerprint density at radius 2 is 2.00 bits per heavy atom. The van der Waals surface area contributed by atoms with Crippen molar-refractivity contribution in [2.45, 2.75) is 38.1 Å². The summed E-state index contributed by atoms with van der Waals surface area (Å²) in [5, 5.41) is 12.9. The molecule has 0 aliphatic rings. The van der Waals surface area contributed by atoms with Crippen LogP contribution >= 0.6 is 0 Å². The number of aromatic nitrogens is 1. The second-order valence-corrected chi connectivity index (χ2v) is 7.92. The van der Waals surface area contributed by atoms with Gasteiger partial charge in [-0.2, -0.15) is 4.31 Å². The molecule has 130 valence electrons. The minimum atomic E-state index is -3.87. The van der Waals surface area contributed by atoms with Crippen molar-refractivity contribution in [1.82, 2.24) is 9.46 Å². The molecule has 0 bridgehead atoms. The Bertz CT molecular complexity index is 855. The number of hydrogen-bond acceptors (Lipinski definition) is 5. The van der Waals surface area contributed by atoms with Crippen LogP contribution in [0.4, 0.5) is 0 Å². The molecular weight excluding hydrogens is 332 g/mol. The molecule has 0 amide bonds. The molecule has 0 unspecified atom stereocenters. The molecule has 1 N–H and O–H groups in total. The zero-order chi connectivity index (χ0) is 18.1. The number of benzene rings is 1. The number of carboxylic acids is 1. The highest BCUT2D eigenvalue weighted by atomic mass is 32.2. The number of sulfonamides is 1. The van der Waals surface area contributed by atoms with Crippen LogP contribution in [0, 0.1) is 6.92 Å². The van der Waals surface area contributed by atoms with Crippen LogP contribution in [0.2, 0.25) is 0 Å². The molecule has 0 atom stereocenters. The number of rotatable bonds is 6. The Labute approximate surface area is 140 Å². The molecule has 0 saturated carbocycles. The highest BCUT2D eigenvalue weighted by molar-refractivity contribution is 7.89. The molecule has 24 heavy (non-hydrogen) atoms. The molecule has 2 aromatic rings. The van der Waals surface area contributed by atoms with E-state index in [1.807, 2.05) is 13.8 Å². The van der Waals surface area contributed by atoms with Gasteiger partial charge in [-0.3, -0.25) is 0 Å². The van der Waals surface area contributed by atoms with Crippen LogP contribution < -0.4 is 0 Å². The summed E-state index contributed by atoms with van der Waals surface area (Å²) in [7, 11) is -2.44. The monoisotopic (exact) mass is 352 g/mol. The molecule has 8 heteroatoms. The maximum absolute atomic E-state index is 12.9. The van der Waals surface area contributed by atoms with Crippen LogP contribution in [0.3, 0.4) is 0 Å². The predicted octanol–water partition coefficient (Wildman–Crippen LogP) is 2.63. The lowest BCUT2D eigenvalue weighted by Gasteiger charge is -2.20. The maximum atomic E-state index is 12.9. The Kier molecular flexibility index (Phi) is 5.10. The molecule has 7 nitrogen and oxygen atoms in total. The van der Waals surface area contributed by atoms with E-state index in [4.69, 9.17) is 9.63 Å². The highest BCUT2D eigenvalue weighted by Crippen LogP contribution is 2.28. The third-order valence-corrected chi connectivity index (χ3v) is 5.49. The normalized spacial score (nSPS) is 12.1. The van der Waals surface area contributed by atoms with E-state index >= 15 is 0 Å². The van der Waals surface area contributed by atoms with E-state index in [2.05, 4.69) is 5.16 Å². The minimum Gasteiger partial charge on any atom is -0.478 e. The van der Waals surface area contributed by atoms with E-state index in [0.717, 1.165) is 4.31 Å². The molecule has 1 heterocycles. The van der Waals surface area contributed by atoms with Gasteiger partial charge in [-0.05, 0) is 30.5 Å². The Hall–Kier alpha value is -2.19. The van der Waals surface area contributed by atoms with Gasteiger partial charge in [-0.15, -0.1) is 0 Å². The summed E-state index contributed by atoms with van der Waals surface area (Å²) in [6.45, 7) is 5.47. The maximum Gasteiger partial charge on any atom is 0.335 e. The number of aromatic carboxylic acids is 1. The van der Waals surface area contributed by atoms with Crippen LogP contribution in [-0.4, -0.2) is 36.0 Å². The SMILES string of the molecule is Cc1cc(CN(C)S(=O)(=O)c2cc(C(=O)O)ccc2C(C)C)no1. The van der Waals surface area contributed by atoms with Crippen molar-refractivity contribution in [2.75, 3.05) is 7.05 Å². The standard InChI is InChI=1S/C16H20N2O5S/c1-10(2)14-6-5-12(16(19)20)8-15(14)24(21,22)18(4)9-13-7-11(3)23-17-13/h5-8,10H,9H2,1-4H3,(H,19,20). The van der Waals surface area contributed by atoms with Crippen LogP contribution in [-0.2, 0) is 16.6 Å². The molecule has 0 spiro atoms. The Balaban J connectivity index is 2.46. The van der Waals surface area contributed by atoms with Crippen molar-refractivity contribution in [1.29, 1.82) is 0 Å². The number of carbonyl (C=O) groups is 1. The fourth-order valence-electron chi connectivity index (χ4n) is 2.34. The van der Waals surface area contributed by atoms with Gasteiger partial charge in [0.05, 0.1) is 22.7 Å². The van der Waals surface area contributed by atoms with E-state index < -0.39 is 16.0 Å². The first-order chi connectivity index (χ1) is 11.1. The molecule has 0 aliphatic heterocycles. The summed E-state index contributed by atoms with van der Waals surface area (Å²) in [6.07, 6.45) is 0. The van der Waals surface area contributed by atoms with Crippen molar-refractivity contribution < 1.29 is 22.8 Å². The molecule has 0 fully saturated rings. The topological polar surface area (TPSA) is 101 Å². The first-order valence-corrected chi connectivity index (χ1v) is 8.82. The van der Waals surface area contributed by atoms with Crippen molar-refractivity contribution in [2.24, 2.45) is 0 Å². The van der Waals surface area contributed by atoms with Crippen LogP contribution in [0.25, 0.3) is 0 Å². The summed E-state index contributed by atoms with van der Waals surface area (Å²) in [5.41, 5.74) is 0.992. The molecule has 2 rings (SSSR count). The van der Waals surface area contributed by atoms with Crippen molar-refractivity contribution in [3.63, 3.8) is 0 Å². The van der Waals surface area contributed by atoms with Gasteiger partial charge in [0.25, 0.3) is 0 Å². The average molecular weight is 352 g/mol. The Morgan fingerprint density at radius 3 is 2.50 bits per heavy atom. The van der Waals surface area contributed by atoms with Crippen molar-refractivity contribution in [3.05, 3.63) is 46.8 Å². The van der Waals surface area contributed by atoms with E-state index in [1.165, 1.54) is 19.2 Å². The number of nitrogens with zero attached hydrogens (tertiary/aromatic N) is 2. The Morgan fingerprint density at radius 1 is 1.33 bits per heavy atom. The smallest absolute Gasteiger partial charge is 0.335 e. The van der Waals surface area contributed by atoms with Gasteiger partial charge in [0, 0.05) is 13.1 Å². The van der Waals surface area contributed by atoms with Gasteiger partial charge >= 0.3 is 5.97 Å². The average Bonchev–Trinajstić information content (AvgIpc) is 2.91. The molecule has 1 aromatic carbocycles. The predicted molar refractivity (Wildman–Crippen MR) is 87.4 cm³/mol. The largest absolute Gasteiger partial charge is 0.478 e. The first kappa shape index (κ1) is 18.2. The quantitative estimate of drug-likeness (QED) is 0.857. The second kappa shape index (κ2) is 6.74. The molecule has 0 aliphatic carbocycles. The molecule has 1 aromatic heterocycles. The van der Waals surface area contributed by atoms with Crippen LogP contribution in [0.1, 0.15) is 47.1 Å². The molecule has 0 saturated heterocycles. The summed E-state index contributed by atoms with van der Waals surface area (Å²) >= 11 is 0. The van der Waals surface area contributed by atoms with Gasteiger partial charge in [0.2, 0.25) is 10.0 Å². The first-order valence-electron chi connectivity index (χ1n) is 7.38. The van der Waals surface area contributed by atoms with Gasteiger partial charge in [0.1, 0.15) is 5.76 Å². The minimum absolute atomic E-state index is 0.000108. The third-order valence-electron chi connectivity index (χ3n) is 3.63. The van der Waals surface area contributed by atoms with Crippen molar-refractivity contribution in [3.8, 4) is 0 Å². The zero-order valence-corrected chi connectivity index (χ0v) is 14.8. The van der Waals surface area contributed by atoms with E-state index in [1.54, 1.807) is 19.1 Å². The number of carboxylic acid groups (broad SMARTS) is 1. The lowest BCUT2D eigenvalue weighted by Crippen LogP contribution is -2.28. The van der Waals surface area contributed by atoms with Gasteiger partial charge in [0.15, 0.2) is 0 Å². The summed E-state index contributed by atoms with van der Waals surface area (Å²) in [6, 6.07) is 5.83. The number of aryl methyl sites for hydroxylation is 1. The summed E-state index contributed by atoms with van der Waals surface area (Å²) in [5.74, 6) is -0.650. The van der Waals surface area contributed by atoms with Gasteiger partial charge in [-0.1, -0.05) is 25.1 Å². The summed E-state index contributed by atoms with van der Waals surface area (Å²) < 4.78 is 31.9. The molecule has 0 radical (unpaired) electrons. The third kappa shape index (κ3) is 3.65. The lowest BCUT2D eigenvalue weighted by molar-refractivity contribution is 0.0696. The van der Waals surface area contributed by atoms with E-state index in [9.17, 15) is 13.2 Å². The second-order valence-electron chi connectivity index (χ2n) is 5.90.